The summed E-state index contributed by atoms with van der Waals surface area (Å²) < 4.78 is 73.7. The van der Waals surface area contributed by atoms with Crippen molar-refractivity contribution in [2.45, 2.75) is 42.4 Å². The number of rotatable bonds is 9. The summed E-state index contributed by atoms with van der Waals surface area (Å²) in [6, 6.07) is 7.70. The summed E-state index contributed by atoms with van der Waals surface area (Å²) in [6.45, 7) is 0.879. The number of allylic oxidation sites excluding steroid dienone is 2. The Morgan fingerprint density at radius 3 is 2.71 bits per heavy atom. The molecule has 1 heterocycles. The molecule has 2 atom stereocenters. The van der Waals surface area contributed by atoms with Crippen LogP contribution in [0.15, 0.2) is 82.6 Å². The molecular formula is C27H26F3N3O4S. The molecule has 0 aromatic heterocycles. The lowest BCUT2D eigenvalue weighted by molar-refractivity contribution is -0.137. The molecule has 4 N–H and O–H groups in total. The third-order valence-electron chi connectivity index (χ3n) is 6.13. The zero-order valence-electron chi connectivity index (χ0n) is 20.2. The monoisotopic (exact) mass is 545 g/mol. The van der Waals surface area contributed by atoms with Crippen LogP contribution in [-0.4, -0.2) is 33.5 Å². The predicted molar refractivity (Wildman–Crippen MR) is 135 cm³/mol. The van der Waals surface area contributed by atoms with Gasteiger partial charge in [-0.1, -0.05) is 29.7 Å². The van der Waals surface area contributed by atoms with Gasteiger partial charge in [0.25, 0.3) is 0 Å². The second-order valence-electron chi connectivity index (χ2n) is 8.84. The predicted octanol–water partition coefficient (Wildman–Crippen LogP) is 3.69. The molecule has 11 heteroatoms. The van der Waals surface area contributed by atoms with Crippen LogP contribution >= 0.6 is 0 Å². The average molecular weight is 546 g/mol. The van der Waals surface area contributed by atoms with Crippen LogP contribution in [0, 0.1) is 0 Å². The summed E-state index contributed by atoms with van der Waals surface area (Å²) in [7, 11) is -4.41. The van der Waals surface area contributed by atoms with E-state index in [-0.39, 0.29) is 12.5 Å². The molecule has 0 radical (unpaired) electrons. The van der Waals surface area contributed by atoms with Crippen LogP contribution in [0.2, 0.25) is 0 Å². The van der Waals surface area contributed by atoms with Crippen molar-refractivity contribution in [3.63, 3.8) is 0 Å². The van der Waals surface area contributed by atoms with Crippen LogP contribution < -0.4 is 20.5 Å². The zero-order chi connectivity index (χ0) is 27.3. The number of benzene rings is 2. The fourth-order valence-electron chi connectivity index (χ4n) is 4.24. The Morgan fingerprint density at radius 2 is 2.00 bits per heavy atom. The van der Waals surface area contributed by atoms with Gasteiger partial charge in [-0.2, -0.15) is 13.2 Å². The van der Waals surface area contributed by atoms with Crippen LogP contribution in [-0.2, 0) is 27.4 Å². The van der Waals surface area contributed by atoms with Crippen molar-refractivity contribution in [2.24, 2.45) is 5.73 Å². The number of fused-ring (bicyclic) bond motifs is 1. The molecule has 38 heavy (non-hydrogen) atoms. The summed E-state index contributed by atoms with van der Waals surface area (Å²) in [6.07, 6.45) is 0.734. The van der Waals surface area contributed by atoms with E-state index in [0.29, 0.717) is 43.4 Å². The highest BCUT2D eigenvalue weighted by Gasteiger charge is 2.33. The SMILES string of the molecule is NCCc1ccc2c(c1)OCCC2NC(=O)C[C@@H](NS(=O)(=O)c1cccc(C(F)(F)F)c1)C1=CC=C=C=C1. The first-order chi connectivity index (χ1) is 18.1. The fraction of sp³-hybridized carbons (Fsp3) is 0.296. The standard InChI is InChI=1S/C27H26F3N3O4S/c28-27(29,30)20-7-4-8-21(16-20)38(35,36)33-24(19-5-2-1-3-6-19)17-26(34)32-23-12-14-37-25-15-18(11-13-31)9-10-22(23)25/h2,4-10,15-16,23-24,33H,11-14,17,31H2,(H,32,34)/t23?,24-/m1/s1. The lowest BCUT2D eigenvalue weighted by Gasteiger charge is -2.28. The normalized spacial score (nSPS) is 17.4. The van der Waals surface area contributed by atoms with Crippen molar-refractivity contribution in [2.75, 3.05) is 13.2 Å². The minimum atomic E-state index is -4.71. The van der Waals surface area contributed by atoms with Gasteiger partial charge in [0.1, 0.15) is 5.75 Å². The molecule has 2 aromatic carbocycles. The number of amides is 1. The van der Waals surface area contributed by atoms with Crippen molar-refractivity contribution in [1.82, 2.24) is 10.0 Å². The van der Waals surface area contributed by atoms with Gasteiger partial charge in [-0.05, 0) is 66.6 Å². The highest BCUT2D eigenvalue weighted by molar-refractivity contribution is 7.89. The second-order valence-corrected chi connectivity index (χ2v) is 10.6. The molecule has 200 valence electrons. The maximum atomic E-state index is 13.2. The van der Waals surface area contributed by atoms with Gasteiger partial charge in [-0.25, -0.2) is 13.1 Å². The van der Waals surface area contributed by atoms with Crippen molar-refractivity contribution >= 4 is 15.9 Å². The van der Waals surface area contributed by atoms with Gasteiger partial charge in [0.2, 0.25) is 15.9 Å². The van der Waals surface area contributed by atoms with Crippen LogP contribution in [0.5, 0.6) is 5.75 Å². The number of alkyl halides is 3. The Bertz CT molecular complexity index is 1450. The van der Waals surface area contributed by atoms with E-state index in [0.717, 1.165) is 29.3 Å². The van der Waals surface area contributed by atoms with E-state index in [1.54, 1.807) is 6.08 Å². The lowest BCUT2D eigenvalue weighted by Crippen LogP contribution is -2.41. The van der Waals surface area contributed by atoms with Crippen molar-refractivity contribution in [3.05, 3.63) is 94.4 Å². The van der Waals surface area contributed by atoms with E-state index < -0.39 is 38.6 Å². The maximum absolute atomic E-state index is 13.2. The third-order valence-corrected chi connectivity index (χ3v) is 7.60. The van der Waals surface area contributed by atoms with Crippen LogP contribution in [0.4, 0.5) is 13.2 Å². The molecule has 2 aromatic rings. The topological polar surface area (TPSA) is 111 Å². The molecule has 0 saturated carbocycles. The van der Waals surface area contributed by atoms with Crippen molar-refractivity contribution < 1.29 is 31.1 Å². The van der Waals surface area contributed by atoms with E-state index in [4.69, 9.17) is 10.5 Å². The first-order valence-electron chi connectivity index (χ1n) is 11.9. The molecule has 0 bridgehead atoms. The molecule has 1 aliphatic carbocycles. The molecular weight excluding hydrogens is 519 g/mol. The number of hydrogen-bond acceptors (Lipinski definition) is 5. The summed E-state index contributed by atoms with van der Waals surface area (Å²) >= 11 is 0. The number of nitrogens with two attached hydrogens (primary N) is 1. The van der Waals surface area contributed by atoms with Crippen molar-refractivity contribution in [1.29, 1.82) is 0 Å². The number of halogens is 3. The number of nitrogens with one attached hydrogen (secondary N) is 2. The number of sulfonamides is 1. The zero-order valence-corrected chi connectivity index (χ0v) is 21.0. The van der Waals surface area contributed by atoms with Gasteiger partial charge in [0.05, 0.1) is 29.1 Å². The van der Waals surface area contributed by atoms with E-state index in [1.165, 1.54) is 12.2 Å². The van der Waals surface area contributed by atoms with Crippen LogP contribution in [0.1, 0.15) is 35.6 Å². The van der Waals surface area contributed by atoms with Gasteiger partial charge in [-0.15, -0.1) is 0 Å². The molecule has 0 spiro atoms. The Hall–Kier alpha value is -3.59. The van der Waals surface area contributed by atoms with Crippen LogP contribution in [0.3, 0.4) is 0 Å². The van der Waals surface area contributed by atoms with Gasteiger partial charge >= 0.3 is 6.18 Å². The van der Waals surface area contributed by atoms with E-state index in [2.05, 4.69) is 21.5 Å². The Balaban J connectivity index is 1.53. The molecule has 2 aliphatic rings. The molecule has 7 nitrogen and oxygen atoms in total. The number of hydrogen-bond donors (Lipinski definition) is 3. The van der Waals surface area contributed by atoms with E-state index in [1.807, 2.05) is 18.2 Å². The summed E-state index contributed by atoms with van der Waals surface area (Å²) in [4.78, 5) is 12.6. The lowest BCUT2D eigenvalue weighted by atomic mass is 9.97. The minimum absolute atomic E-state index is 0.298. The number of carbonyl (C=O) groups is 1. The number of ether oxygens (including phenoxy) is 1. The molecule has 1 unspecified atom stereocenters. The van der Waals surface area contributed by atoms with Crippen LogP contribution in [0.25, 0.3) is 0 Å². The Labute approximate surface area is 218 Å². The fourth-order valence-corrected chi connectivity index (χ4v) is 5.51. The summed E-state index contributed by atoms with van der Waals surface area (Å²) in [5, 5.41) is 2.94. The molecule has 4 rings (SSSR count). The minimum Gasteiger partial charge on any atom is -0.493 e. The van der Waals surface area contributed by atoms with Gasteiger partial charge in [0.15, 0.2) is 0 Å². The quantitative estimate of drug-likeness (QED) is 0.417. The molecule has 0 saturated heterocycles. The average Bonchev–Trinajstić information content (AvgIpc) is 2.88. The molecule has 1 aliphatic heterocycles. The summed E-state index contributed by atoms with van der Waals surface area (Å²) in [5.74, 6) is 0.209. The molecule has 0 fully saturated rings. The first-order valence-corrected chi connectivity index (χ1v) is 13.4. The molecule has 1 amide bonds. The highest BCUT2D eigenvalue weighted by Crippen LogP contribution is 2.33. The first kappa shape index (κ1) is 27.4. The Kier molecular flexibility index (Phi) is 8.26. The Morgan fingerprint density at radius 1 is 1.18 bits per heavy atom. The maximum Gasteiger partial charge on any atom is 0.416 e. The number of carbonyl (C=O) groups excluding carboxylic acids is 1. The second kappa shape index (κ2) is 11.4. The van der Waals surface area contributed by atoms with Gasteiger partial charge in [0, 0.05) is 18.4 Å². The van der Waals surface area contributed by atoms with Gasteiger partial charge < -0.3 is 15.8 Å². The smallest absolute Gasteiger partial charge is 0.416 e. The summed E-state index contributed by atoms with van der Waals surface area (Å²) in [5.41, 5.74) is 12.2. The van der Waals surface area contributed by atoms with E-state index >= 15 is 0 Å². The highest BCUT2D eigenvalue weighted by atomic mass is 32.2. The van der Waals surface area contributed by atoms with E-state index in [9.17, 15) is 26.4 Å². The largest absolute Gasteiger partial charge is 0.493 e. The van der Waals surface area contributed by atoms with Gasteiger partial charge in [-0.3, -0.25) is 4.79 Å². The third kappa shape index (κ3) is 6.64. The van der Waals surface area contributed by atoms with Crippen molar-refractivity contribution in [3.8, 4) is 5.75 Å².